The number of unbranched alkanes of at least 4 members (excludes halogenated alkanes) is 2. The molecule has 0 aromatic rings. The first-order valence-corrected chi connectivity index (χ1v) is 6.33. The zero-order valence-electron chi connectivity index (χ0n) is 9.96. The molecule has 1 unspecified atom stereocenters. The van der Waals surface area contributed by atoms with Crippen LogP contribution in [0.15, 0.2) is 0 Å². The van der Waals surface area contributed by atoms with Crippen LogP contribution in [0.4, 0.5) is 0 Å². The Morgan fingerprint density at radius 1 is 1.33 bits per heavy atom. The molecule has 0 saturated carbocycles. The van der Waals surface area contributed by atoms with Gasteiger partial charge in [-0.25, -0.2) is 0 Å². The normalized spacial score (nSPS) is 21.0. The number of ether oxygens (including phenoxy) is 2. The highest BCUT2D eigenvalue weighted by atomic mass is 16.5. The Hall–Kier alpha value is -0.120. The molecule has 1 saturated heterocycles. The minimum Gasteiger partial charge on any atom is -0.379 e. The number of hydrogen-bond acceptors (Lipinski definition) is 3. The molecule has 0 radical (unpaired) electrons. The fourth-order valence-electron chi connectivity index (χ4n) is 1.80. The number of rotatable bonds is 9. The molecule has 1 N–H and O–H groups in total. The van der Waals surface area contributed by atoms with Crippen LogP contribution >= 0.6 is 0 Å². The molecule has 3 nitrogen and oxygen atoms in total. The van der Waals surface area contributed by atoms with Gasteiger partial charge in [0.25, 0.3) is 0 Å². The third-order valence-electron chi connectivity index (χ3n) is 2.72. The molecule has 1 heterocycles. The molecule has 0 bridgehead atoms. The van der Waals surface area contributed by atoms with E-state index in [0.29, 0.717) is 6.10 Å². The van der Waals surface area contributed by atoms with Gasteiger partial charge in [0.15, 0.2) is 0 Å². The predicted octanol–water partition coefficient (Wildman–Crippen LogP) is 1.96. The van der Waals surface area contributed by atoms with E-state index in [1.165, 1.54) is 32.1 Å². The lowest BCUT2D eigenvalue weighted by atomic mass is 10.2. The third kappa shape index (κ3) is 6.88. The lowest BCUT2D eigenvalue weighted by Gasteiger charge is -2.09. The van der Waals surface area contributed by atoms with E-state index in [4.69, 9.17) is 9.47 Å². The van der Waals surface area contributed by atoms with Gasteiger partial charge in [-0.3, -0.25) is 0 Å². The summed E-state index contributed by atoms with van der Waals surface area (Å²) < 4.78 is 11.1. The topological polar surface area (TPSA) is 30.5 Å². The van der Waals surface area contributed by atoms with Crippen molar-refractivity contribution in [3.8, 4) is 0 Å². The average molecular weight is 215 g/mol. The van der Waals surface area contributed by atoms with Gasteiger partial charge in [0, 0.05) is 13.2 Å². The molecule has 1 aliphatic heterocycles. The van der Waals surface area contributed by atoms with Gasteiger partial charge in [-0.1, -0.05) is 6.92 Å². The molecular formula is C12H25NO2. The Morgan fingerprint density at radius 2 is 2.27 bits per heavy atom. The Morgan fingerprint density at radius 3 is 3.00 bits per heavy atom. The van der Waals surface area contributed by atoms with Crippen molar-refractivity contribution in [3.63, 3.8) is 0 Å². The highest BCUT2D eigenvalue weighted by Crippen LogP contribution is 2.12. The Labute approximate surface area is 93.5 Å². The van der Waals surface area contributed by atoms with Gasteiger partial charge in [-0.2, -0.15) is 0 Å². The largest absolute Gasteiger partial charge is 0.379 e. The molecule has 0 aromatic heterocycles. The summed E-state index contributed by atoms with van der Waals surface area (Å²) in [5.74, 6) is 0. The fourth-order valence-corrected chi connectivity index (χ4v) is 1.80. The van der Waals surface area contributed by atoms with Gasteiger partial charge in [0.05, 0.1) is 12.7 Å². The maximum absolute atomic E-state index is 5.58. The summed E-state index contributed by atoms with van der Waals surface area (Å²) in [7, 11) is 0. The highest BCUT2D eigenvalue weighted by Gasteiger charge is 2.14. The summed E-state index contributed by atoms with van der Waals surface area (Å²) in [4.78, 5) is 0. The third-order valence-corrected chi connectivity index (χ3v) is 2.72. The molecule has 0 spiro atoms. The SMILES string of the molecule is CCNCCCCCOCC1CCCO1. The first-order valence-electron chi connectivity index (χ1n) is 6.33. The maximum Gasteiger partial charge on any atom is 0.0809 e. The van der Waals surface area contributed by atoms with E-state index in [0.717, 1.165) is 32.9 Å². The van der Waals surface area contributed by atoms with Gasteiger partial charge >= 0.3 is 0 Å². The van der Waals surface area contributed by atoms with Gasteiger partial charge in [-0.05, 0) is 45.2 Å². The van der Waals surface area contributed by atoms with Crippen LogP contribution in [-0.4, -0.2) is 39.0 Å². The van der Waals surface area contributed by atoms with E-state index in [-0.39, 0.29) is 0 Å². The average Bonchev–Trinajstić information content (AvgIpc) is 2.75. The van der Waals surface area contributed by atoms with Crippen LogP contribution in [0.2, 0.25) is 0 Å². The molecule has 0 aromatic carbocycles. The van der Waals surface area contributed by atoms with Crippen molar-refractivity contribution >= 4 is 0 Å². The van der Waals surface area contributed by atoms with Crippen molar-refractivity contribution in [1.29, 1.82) is 0 Å². The van der Waals surface area contributed by atoms with Crippen molar-refractivity contribution in [2.75, 3.05) is 32.9 Å². The van der Waals surface area contributed by atoms with Crippen molar-refractivity contribution in [2.24, 2.45) is 0 Å². The second-order valence-electron chi connectivity index (χ2n) is 4.12. The molecule has 0 amide bonds. The zero-order chi connectivity index (χ0) is 10.8. The molecule has 1 fully saturated rings. The molecule has 90 valence electrons. The maximum atomic E-state index is 5.58. The monoisotopic (exact) mass is 215 g/mol. The van der Waals surface area contributed by atoms with Crippen molar-refractivity contribution < 1.29 is 9.47 Å². The van der Waals surface area contributed by atoms with Crippen LogP contribution in [0.3, 0.4) is 0 Å². The van der Waals surface area contributed by atoms with E-state index < -0.39 is 0 Å². The standard InChI is InChI=1S/C12H25NO2/c1-2-13-8-4-3-5-9-14-11-12-7-6-10-15-12/h12-13H,2-11H2,1H3. The van der Waals surface area contributed by atoms with E-state index in [1.54, 1.807) is 0 Å². The molecule has 0 aliphatic carbocycles. The Balaban J connectivity index is 1.73. The van der Waals surface area contributed by atoms with Gasteiger partial charge < -0.3 is 14.8 Å². The van der Waals surface area contributed by atoms with Crippen LogP contribution in [0.5, 0.6) is 0 Å². The first-order chi connectivity index (χ1) is 7.43. The van der Waals surface area contributed by atoms with E-state index in [9.17, 15) is 0 Å². The Bertz CT molecular complexity index is 136. The summed E-state index contributed by atoms with van der Waals surface area (Å²) in [6.07, 6.45) is 6.47. The van der Waals surface area contributed by atoms with Crippen molar-refractivity contribution in [3.05, 3.63) is 0 Å². The minimum atomic E-state index is 0.381. The van der Waals surface area contributed by atoms with Crippen molar-refractivity contribution in [1.82, 2.24) is 5.32 Å². The Kier molecular flexibility index (Phi) is 7.88. The molecule has 15 heavy (non-hydrogen) atoms. The van der Waals surface area contributed by atoms with Crippen LogP contribution in [0.25, 0.3) is 0 Å². The molecule has 3 heteroatoms. The van der Waals surface area contributed by atoms with E-state index in [2.05, 4.69) is 12.2 Å². The summed E-state index contributed by atoms with van der Waals surface area (Å²) in [6, 6.07) is 0. The van der Waals surface area contributed by atoms with Gasteiger partial charge in [0.2, 0.25) is 0 Å². The zero-order valence-corrected chi connectivity index (χ0v) is 9.96. The molecule has 1 atom stereocenters. The molecular weight excluding hydrogens is 190 g/mol. The van der Waals surface area contributed by atoms with E-state index >= 15 is 0 Å². The second kappa shape index (κ2) is 9.13. The molecule has 1 rings (SSSR count). The summed E-state index contributed by atoms with van der Waals surface area (Å²) in [6.45, 7) is 6.98. The summed E-state index contributed by atoms with van der Waals surface area (Å²) in [5.41, 5.74) is 0. The van der Waals surface area contributed by atoms with Crippen LogP contribution in [0.1, 0.15) is 39.0 Å². The number of nitrogens with one attached hydrogen (secondary N) is 1. The summed E-state index contributed by atoms with van der Waals surface area (Å²) in [5, 5.41) is 3.32. The summed E-state index contributed by atoms with van der Waals surface area (Å²) >= 11 is 0. The lowest BCUT2D eigenvalue weighted by Crippen LogP contribution is -2.15. The molecule has 1 aliphatic rings. The van der Waals surface area contributed by atoms with Crippen LogP contribution in [0, 0.1) is 0 Å². The van der Waals surface area contributed by atoms with Gasteiger partial charge in [0.1, 0.15) is 0 Å². The smallest absolute Gasteiger partial charge is 0.0809 e. The van der Waals surface area contributed by atoms with Crippen molar-refractivity contribution in [2.45, 2.75) is 45.1 Å². The second-order valence-corrected chi connectivity index (χ2v) is 4.12. The predicted molar refractivity (Wildman–Crippen MR) is 62.2 cm³/mol. The number of hydrogen-bond donors (Lipinski definition) is 1. The lowest BCUT2D eigenvalue weighted by molar-refractivity contribution is 0.0161. The first kappa shape index (κ1) is 12.9. The van der Waals surface area contributed by atoms with Gasteiger partial charge in [-0.15, -0.1) is 0 Å². The highest BCUT2D eigenvalue weighted by molar-refractivity contribution is 4.63. The van der Waals surface area contributed by atoms with Crippen LogP contribution in [-0.2, 0) is 9.47 Å². The minimum absolute atomic E-state index is 0.381. The quantitative estimate of drug-likeness (QED) is 0.596. The fraction of sp³-hybridized carbons (Fsp3) is 1.00. The van der Waals surface area contributed by atoms with E-state index in [1.807, 2.05) is 0 Å². The van der Waals surface area contributed by atoms with Crippen LogP contribution < -0.4 is 5.32 Å².